The van der Waals surface area contributed by atoms with Gasteiger partial charge in [-0.3, -0.25) is 0 Å². The topological polar surface area (TPSA) is 94.5 Å². The number of nitrogen functional groups attached to an aromatic ring is 1. The van der Waals surface area contributed by atoms with Gasteiger partial charge in [0.2, 0.25) is 5.13 Å². The molecule has 1 amide bonds. The zero-order valence-corrected chi connectivity index (χ0v) is 11.2. The molecular formula is C12H14N4O2S. The Balaban J connectivity index is 2.29. The number of nitrogens with zero attached hydrogens (tertiary/aromatic N) is 2. The summed E-state index contributed by atoms with van der Waals surface area (Å²) in [6.07, 6.45) is -0.657. The maximum atomic E-state index is 11.5. The Kier molecular flexibility index (Phi) is 3.98. The molecule has 0 unspecified atom stereocenters. The van der Waals surface area contributed by atoms with Crippen LogP contribution in [0.5, 0.6) is 0 Å². The summed E-state index contributed by atoms with van der Waals surface area (Å²) in [5.74, 6) is 5.64. The lowest BCUT2D eigenvalue weighted by molar-refractivity contribution is 0.160. The number of amides is 1. The Morgan fingerprint density at radius 3 is 2.74 bits per heavy atom. The number of hydrogen-bond acceptors (Lipinski definition) is 6. The molecular weight excluding hydrogens is 264 g/mol. The van der Waals surface area contributed by atoms with Crippen LogP contribution in [0.25, 0.3) is 11.3 Å². The molecule has 2 aromatic rings. The molecule has 0 aliphatic carbocycles. The molecule has 0 aliphatic heterocycles. The van der Waals surface area contributed by atoms with Crippen LogP contribution in [0.3, 0.4) is 0 Å². The monoisotopic (exact) mass is 278 g/mol. The van der Waals surface area contributed by atoms with Crippen LogP contribution in [-0.4, -0.2) is 17.7 Å². The van der Waals surface area contributed by atoms with E-state index < -0.39 is 6.09 Å². The second-order valence-corrected chi connectivity index (χ2v) is 4.65. The quantitative estimate of drug-likeness (QED) is 0.510. The average Bonchev–Trinajstić information content (AvgIpc) is 2.81. The number of benzene rings is 1. The van der Waals surface area contributed by atoms with E-state index in [1.165, 1.54) is 0 Å². The summed E-state index contributed by atoms with van der Waals surface area (Å²) in [5.41, 5.74) is 7.39. The van der Waals surface area contributed by atoms with Gasteiger partial charge in [0.25, 0.3) is 0 Å². The fourth-order valence-corrected chi connectivity index (χ4v) is 2.26. The summed E-state index contributed by atoms with van der Waals surface area (Å²) in [5, 5.41) is 1.66. The molecule has 0 fully saturated rings. The van der Waals surface area contributed by atoms with E-state index in [0.29, 0.717) is 15.8 Å². The van der Waals surface area contributed by atoms with Gasteiger partial charge in [-0.1, -0.05) is 41.7 Å². The van der Waals surface area contributed by atoms with Gasteiger partial charge in [-0.05, 0) is 6.92 Å². The zero-order valence-electron chi connectivity index (χ0n) is 10.4. The molecule has 1 heterocycles. The van der Waals surface area contributed by atoms with E-state index in [-0.39, 0.29) is 6.61 Å². The molecule has 100 valence electrons. The van der Waals surface area contributed by atoms with Crippen LogP contribution in [0.4, 0.5) is 14.9 Å². The van der Waals surface area contributed by atoms with Crippen molar-refractivity contribution in [1.82, 2.24) is 4.98 Å². The number of hydrazine groups is 1. The van der Waals surface area contributed by atoms with Crippen molar-refractivity contribution in [3.63, 3.8) is 0 Å². The van der Waals surface area contributed by atoms with Crippen LogP contribution in [0.2, 0.25) is 0 Å². The highest BCUT2D eigenvalue weighted by molar-refractivity contribution is 7.20. The third-order valence-electron chi connectivity index (χ3n) is 2.36. The first-order chi connectivity index (χ1) is 9.13. The largest absolute Gasteiger partial charge is 0.448 e. The molecule has 0 bridgehead atoms. The average molecular weight is 278 g/mol. The SMILES string of the molecule is CCOC(=O)N(N)c1nc(-c2ccccc2)c(N)s1. The van der Waals surface area contributed by atoms with E-state index in [4.69, 9.17) is 16.3 Å². The summed E-state index contributed by atoms with van der Waals surface area (Å²) in [6.45, 7) is 1.95. The molecule has 2 rings (SSSR count). The number of carbonyl (C=O) groups is 1. The minimum atomic E-state index is -0.657. The van der Waals surface area contributed by atoms with E-state index in [1.807, 2.05) is 30.3 Å². The van der Waals surface area contributed by atoms with Gasteiger partial charge in [-0.15, -0.1) is 0 Å². The van der Waals surface area contributed by atoms with Crippen molar-refractivity contribution in [3.05, 3.63) is 30.3 Å². The van der Waals surface area contributed by atoms with Crippen molar-refractivity contribution < 1.29 is 9.53 Å². The highest BCUT2D eigenvalue weighted by Gasteiger charge is 2.19. The van der Waals surface area contributed by atoms with E-state index in [0.717, 1.165) is 21.9 Å². The second kappa shape index (κ2) is 5.68. The van der Waals surface area contributed by atoms with Crippen LogP contribution in [0.1, 0.15) is 6.92 Å². The van der Waals surface area contributed by atoms with Gasteiger partial charge in [0.15, 0.2) is 0 Å². The third kappa shape index (κ3) is 2.83. The van der Waals surface area contributed by atoms with Crippen molar-refractivity contribution >= 4 is 27.6 Å². The smallest absolute Gasteiger partial charge is 0.430 e. The fourth-order valence-electron chi connectivity index (χ4n) is 1.50. The maximum absolute atomic E-state index is 11.5. The van der Waals surface area contributed by atoms with Crippen LogP contribution < -0.4 is 16.6 Å². The zero-order chi connectivity index (χ0) is 13.8. The van der Waals surface area contributed by atoms with E-state index >= 15 is 0 Å². The summed E-state index contributed by atoms with van der Waals surface area (Å²) in [6, 6.07) is 9.46. The lowest BCUT2D eigenvalue weighted by atomic mass is 10.2. The highest BCUT2D eigenvalue weighted by atomic mass is 32.1. The van der Waals surface area contributed by atoms with Crippen LogP contribution in [0, 0.1) is 0 Å². The van der Waals surface area contributed by atoms with Gasteiger partial charge in [0.1, 0.15) is 10.7 Å². The molecule has 1 aromatic heterocycles. The maximum Gasteiger partial charge on any atom is 0.430 e. The fraction of sp³-hybridized carbons (Fsp3) is 0.167. The van der Waals surface area contributed by atoms with Crippen molar-refractivity contribution in [1.29, 1.82) is 0 Å². The standard InChI is InChI=1S/C12H14N4O2S/c1-2-18-12(17)16(14)11-15-9(10(13)19-11)8-6-4-3-5-7-8/h3-7H,2,13-14H2,1H3. The van der Waals surface area contributed by atoms with Crippen LogP contribution in [0.15, 0.2) is 30.3 Å². The molecule has 0 saturated heterocycles. The van der Waals surface area contributed by atoms with Crippen molar-refractivity contribution in [3.8, 4) is 11.3 Å². The normalized spacial score (nSPS) is 10.2. The first kappa shape index (κ1) is 13.3. The van der Waals surface area contributed by atoms with Crippen molar-refractivity contribution in [2.75, 3.05) is 17.3 Å². The minimum Gasteiger partial charge on any atom is -0.448 e. The predicted molar refractivity (Wildman–Crippen MR) is 75.7 cm³/mol. The number of carbonyl (C=O) groups excluding carboxylic acids is 1. The lowest BCUT2D eigenvalue weighted by Crippen LogP contribution is -2.37. The third-order valence-corrected chi connectivity index (χ3v) is 3.24. The van der Waals surface area contributed by atoms with E-state index in [1.54, 1.807) is 6.92 Å². The van der Waals surface area contributed by atoms with Gasteiger partial charge in [0.05, 0.1) is 6.61 Å². The predicted octanol–water partition coefficient (Wildman–Crippen LogP) is 2.23. The van der Waals surface area contributed by atoms with Gasteiger partial charge in [-0.2, -0.15) is 5.01 Å². The summed E-state index contributed by atoms with van der Waals surface area (Å²) in [4.78, 5) is 15.8. The molecule has 19 heavy (non-hydrogen) atoms. The first-order valence-corrected chi connectivity index (χ1v) is 6.48. The van der Waals surface area contributed by atoms with E-state index in [9.17, 15) is 4.79 Å². The number of ether oxygens (including phenoxy) is 1. The number of anilines is 2. The summed E-state index contributed by atoms with van der Waals surface area (Å²) >= 11 is 1.14. The molecule has 7 heteroatoms. The summed E-state index contributed by atoms with van der Waals surface area (Å²) < 4.78 is 4.80. The van der Waals surface area contributed by atoms with Crippen LogP contribution >= 0.6 is 11.3 Å². The molecule has 0 aliphatic rings. The lowest BCUT2D eigenvalue weighted by Gasteiger charge is -2.11. The van der Waals surface area contributed by atoms with Crippen molar-refractivity contribution in [2.24, 2.45) is 5.84 Å². The van der Waals surface area contributed by atoms with Gasteiger partial charge >= 0.3 is 6.09 Å². The highest BCUT2D eigenvalue weighted by Crippen LogP contribution is 2.34. The number of nitrogens with two attached hydrogens (primary N) is 2. The first-order valence-electron chi connectivity index (χ1n) is 5.66. The number of aromatic nitrogens is 1. The molecule has 0 atom stereocenters. The molecule has 0 spiro atoms. The Hall–Kier alpha value is -2.12. The van der Waals surface area contributed by atoms with Crippen molar-refractivity contribution in [2.45, 2.75) is 6.92 Å². The second-order valence-electron chi connectivity index (χ2n) is 3.64. The Labute approximate surface area is 114 Å². The number of hydrogen-bond donors (Lipinski definition) is 2. The number of rotatable bonds is 3. The summed E-state index contributed by atoms with van der Waals surface area (Å²) in [7, 11) is 0. The minimum absolute atomic E-state index is 0.249. The molecule has 0 radical (unpaired) electrons. The van der Waals surface area contributed by atoms with E-state index in [2.05, 4.69) is 4.98 Å². The Morgan fingerprint density at radius 2 is 2.11 bits per heavy atom. The molecule has 1 aromatic carbocycles. The molecule has 4 N–H and O–H groups in total. The van der Waals surface area contributed by atoms with Gasteiger partial charge in [0, 0.05) is 5.56 Å². The van der Waals surface area contributed by atoms with Crippen LogP contribution in [-0.2, 0) is 4.74 Å². The van der Waals surface area contributed by atoms with Gasteiger partial charge < -0.3 is 10.5 Å². The molecule has 6 nitrogen and oxygen atoms in total. The van der Waals surface area contributed by atoms with Gasteiger partial charge in [-0.25, -0.2) is 15.6 Å². The number of thiazole rings is 1. The Bertz CT molecular complexity index is 570. The molecule has 0 saturated carbocycles. The Morgan fingerprint density at radius 1 is 1.42 bits per heavy atom.